The van der Waals surface area contributed by atoms with Crippen LogP contribution in [0.1, 0.15) is 44.6 Å². The molecule has 1 aromatic carbocycles. The van der Waals surface area contributed by atoms with Crippen LogP contribution in [0.4, 0.5) is 5.69 Å². The second kappa shape index (κ2) is 7.87. The number of pyridine rings is 1. The van der Waals surface area contributed by atoms with Crippen molar-refractivity contribution in [2.45, 2.75) is 45.4 Å². The first-order valence-corrected chi connectivity index (χ1v) is 7.78. The van der Waals surface area contributed by atoms with Gasteiger partial charge in [-0.25, -0.2) is 4.98 Å². The largest absolute Gasteiger partial charge is 0.236 e. The predicted octanol–water partition coefficient (Wildman–Crippen LogP) is 6.34. The van der Waals surface area contributed by atoms with Crippen molar-refractivity contribution in [3.63, 3.8) is 0 Å². The summed E-state index contributed by atoms with van der Waals surface area (Å²) < 4.78 is 0. The van der Waals surface area contributed by atoms with Crippen LogP contribution >= 0.6 is 11.6 Å². The van der Waals surface area contributed by atoms with E-state index in [4.69, 9.17) is 17.1 Å². The van der Waals surface area contributed by atoms with Crippen LogP contribution in [0, 0.1) is 0 Å². The van der Waals surface area contributed by atoms with Gasteiger partial charge in [0.05, 0.1) is 11.2 Å². The maximum Gasteiger partial charge on any atom is 0.133 e. The molecule has 5 heteroatoms. The summed E-state index contributed by atoms with van der Waals surface area (Å²) in [6, 6.07) is 7.61. The summed E-state index contributed by atoms with van der Waals surface area (Å²) in [4.78, 5) is 7.37. The summed E-state index contributed by atoms with van der Waals surface area (Å²) in [5.74, 6) is 0. The van der Waals surface area contributed by atoms with E-state index in [2.05, 4.69) is 21.9 Å². The third-order valence-corrected chi connectivity index (χ3v) is 3.90. The van der Waals surface area contributed by atoms with Gasteiger partial charge in [0.25, 0.3) is 0 Å². The number of hydrogen-bond donors (Lipinski definition) is 0. The molecule has 2 aromatic rings. The summed E-state index contributed by atoms with van der Waals surface area (Å²) >= 11 is 6.29. The molecule has 0 radical (unpaired) electrons. The van der Waals surface area contributed by atoms with Crippen molar-refractivity contribution < 1.29 is 0 Å². The monoisotopic (exact) mass is 302 g/mol. The molecule has 0 aliphatic carbocycles. The van der Waals surface area contributed by atoms with Gasteiger partial charge >= 0.3 is 0 Å². The molecule has 0 bridgehead atoms. The number of fused-ring (bicyclic) bond motifs is 1. The van der Waals surface area contributed by atoms with Crippen LogP contribution in [0.2, 0.25) is 5.15 Å². The van der Waals surface area contributed by atoms with E-state index in [1.807, 2.05) is 24.3 Å². The Morgan fingerprint density at radius 1 is 1.19 bits per heavy atom. The number of benzene rings is 1. The molecular formula is C16H19ClN4. The topological polar surface area (TPSA) is 61.7 Å². The minimum atomic E-state index is 0.451. The Morgan fingerprint density at radius 3 is 2.71 bits per heavy atom. The lowest BCUT2D eigenvalue weighted by Crippen LogP contribution is -1.93. The Labute approximate surface area is 129 Å². The van der Waals surface area contributed by atoms with Crippen LogP contribution in [0.25, 0.3) is 21.3 Å². The highest BCUT2D eigenvalue weighted by atomic mass is 35.5. The molecule has 0 aliphatic heterocycles. The summed E-state index contributed by atoms with van der Waals surface area (Å²) in [6.07, 6.45) is 6.70. The van der Waals surface area contributed by atoms with Crippen LogP contribution < -0.4 is 0 Å². The van der Waals surface area contributed by atoms with E-state index in [-0.39, 0.29) is 0 Å². The van der Waals surface area contributed by atoms with Gasteiger partial charge in [-0.05, 0) is 30.0 Å². The molecular weight excluding hydrogens is 284 g/mol. The van der Waals surface area contributed by atoms with Crippen LogP contribution in [0.3, 0.4) is 0 Å². The average molecular weight is 303 g/mol. The van der Waals surface area contributed by atoms with Crippen molar-refractivity contribution in [2.24, 2.45) is 5.11 Å². The van der Waals surface area contributed by atoms with Crippen molar-refractivity contribution >= 4 is 28.2 Å². The zero-order valence-corrected chi connectivity index (χ0v) is 13.0. The molecule has 1 aromatic heterocycles. The minimum absolute atomic E-state index is 0.451. The molecule has 21 heavy (non-hydrogen) atoms. The Hall–Kier alpha value is -1.77. The maximum atomic E-state index is 8.83. The second-order valence-electron chi connectivity index (χ2n) is 5.10. The van der Waals surface area contributed by atoms with Crippen molar-refractivity contribution in [2.75, 3.05) is 0 Å². The Kier molecular flexibility index (Phi) is 5.85. The van der Waals surface area contributed by atoms with Gasteiger partial charge in [0.2, 0.25) is 0 Å². The summed E-state index contributed by atoms with van der Waals surface area (Å²) in [7, 11) is 0. The SMILES string of the molecule is CCCCCCCc1c(Cl)nc2ccccc2c1N=[N+]=[N-]. The number of nitrogens with zero attached hydrogens (tertiary/aromatic N) is 4. The van der Waals surface area contributed by atoms with Crippen molar-refractivity contribution in [3.05, 3.63) is 45.4 Å². The zero-order chi connectivity index (χ0) is 15.1. The highest BCUT2D eigenvalue weighted by Gasteiger charge is 2.12. The first-order chi connectivity index (χ1) is 10.3. The molecule has 4 nitrogen and oxygen atoms in total. The Morgan fingerprint density at radius 2 is 1.95 bits per heavy atom. The predicted molar refractivity (Wildman–Crippen MR) is 88.0 cm³/mol. The van der Waals surface area contributed by atoms with Crippen molar-refractivity contribution in [1.29, 1.82) is 0 Å². The van der Waals surface area contributed by atoms with Gasteiger partial charge in [0, 0.05) is 10.3 Å². The van der Waals surface area contributed by atoms with Gasteiger partial charge in [-0.15, -0.1) is 0 Å². The first kappa shape index (κ1) is 15.6. The summed E-state index contributed by atoms with van der Waals surface area (Å²) in [5, 5.41) is 5.18. The van der Waals surface area contributed by atoms with Crippen LogP contribution in [0.5, 0.6) is 0 Å². The number of azide groups is 1. The molecule has 2 rings (SSSR count). The first-order valence-electron chi connectivity index (χ1n) is 7.40. The lowest BCUT2D eigenvalue weighted by atomic mass is 10.0. The molecule has 110 valence electrons. The fraction of sp³-hybridized carbons (Fsp3) is 0.438. The lowest BCUT2D eigenvalue weighted by molar-refractivity contribution is 0.632. The fourth-order valence-corrected chi connectivity index (χ4v) is 2.77. The van der Waals surface area contributed by atoms with Gasteiger partial charge in [-0.3, -0.25) is 0 Å². The molecule has 0 unspecified atom stereocenters. The molecule has 1 heterocycles. The smallest absolute Gasteiger partial charge is 0.133 e. The average Bonchev–Trinajstić information content (AvgIpc) is 2.49. The molecule has 0 saturated carbocycles. The molecule has 0 amide bonds. The number of rotatable bonds is 7. The van der Waals surface area contributed by atoms with E-state index >= 15 is 0 Å². The summed E-state index contributed by atoms with van der Waals surface area (Å²) in [6.45, 7) is 2.20. The van der Waals surface area contributed by atoms with Gasteiger partial charge in [-0.1, -0.05) is 67.5 Å². The lowest BCUT2D eigenvalue weighted by Gasteiger charge is -2.10. The quantitative estimate of drug-likeness (QED) is 0.193. The molecule has 0 fully saturated rings. The van der Waals surface area contributed by atoms with E-state index in [1.165, 1.54) is 19.3 Å². The van der Waals surface area contributed by atoms with Crippen LogP contribution in [-0.2, 0) is 6.42 Å². The fourth-order valence-electron chi connectivity index (χ4n) is 2.49. The number of para-hydroxylation sites is 1. The highest BCUT2D eigenvalue weighted by Crippen LogP contribution is 2.34. The molecule has 0 atom stereocenters. The van der Waals surface area contributed by atoms with E-state index in [0.717, 1.165) is 35.7 Å². The van der Waals surface area contributed by atoms with E-state index in [1.54, 1.807) is 0 Å². The van der Waals surface area contributed by atoms with Gasteiger partial charge in [-0.2, -0.15) is 0 Å². The van der Waals surface area contributed by atoms with Gasteiger partial charge in [0.15, 0.2) is 0 Å². The number of hydrogen-bond acceptors (Lipinski definition) is 2. The van der Waals surface area contributed by atoms with E-state index < -0.39 is 0 Å². The summed E-state index contributed by atoms with van der Waals surface area (Å²) in [5.41, 5.74) is 11.1. The Balaban J connectivity index is 2.30. The molecule has 0 N–H and O–H groups in total. The number of unbranched alkanes of at least 4 members (excludes halogenated alkanes) is 4. The van der Waals surface area contributed by atoms with Gasteiger partial charge in [0.1, 0.15) is 5.15 Å². The zero-order valence-electron chi connectivity index (χ0n) is 12.2. The highest BCUT2D eigenvalue weighted by molar-refractivity contribution is 6.31. The van der Waals surface area contributed by atoms with Gasteiger partial charge < -0.3 is 0 Å². The molecule has 0 saturated heterocycles. The second-order valence-corrected chi connectivity index (χ2v) is 5.46. The minimum Gasteiger partial charge on any atom is -0.236 e. The number of aromatic nitrogens is 1. The van der Waals surface area contributed by atoms with E-state index in [0.29, 0.717) is 10.8 Å². The van der Waals surface area contributed by atoms with Crippen LogP contribution in [-0.4, -0.2) is 4.98 Å². The Bertz CT molecular complexity index is 663. The standard InChI is InChI=1S/C16H19ClN4/c1-2-3-4-5-6-10-13-15(20-21-18)12-9-7-8-11-14(12)19-16(13)17/h7-9,11H,2-6,10H2,1H3. The maximum absolute atomic E-state index is 8.83. The van der Waals surface area contributed by atoms with Crippen molar-refractivity contribution in [3.8, 4) is 0 Å². The third-order valence-electron chi connectivity index (χ3n) is 3.59. The molecule has 0 spiro atoms. The van der Waals surface area contributed by atoms with Crippen LogP contribution in [0.15, 0.2) is 29.4 Å². The molecule has 0 aliphatic rings. The third kappa shape index (κ3) is 3.87. The normalized spacial score (nSPS) is 10.6. The number of halogens is 1. The van der Waals surface area contributed by atoms with E-state index in [9.17, 15) is 0 Å². The van der Waals surface area contributed by atoms with Crippen molar-refractivity contribution in [1.82, 2.24) is 4.98 Å².